The van der Waals surface area contributed by atoms with Crippen LogP contribution in [0.25, 0.3) is 11.1 Å². The Morgan fingerprint density at radius 2 is 1.77 bits per heavy atom. The van der Waals surface area contributed by atoms with E-state index in [2.05, 4.69) is 32.0 Å². The summed E-state index contributed by atoms with van der Waals surface area (Å²) in [5.74, 6) is 0.461. The first-order chi connectivity index (χ1) is 10.6. The molecular formula is C19H27N3. The van der Waals surface area contributed by atoms with Crippen LogP contribution in [0.2, 0.25) is 0 Å². The lowest BCUT2D eigenvalue weighted by Gasteiger charge is -2.19. The Hall–Kier alpha value is -1.84. The zero-order chi connectivity index (χ0) is 16.1. The first-order valence-corrected chi connectivity index (χ1v) is 7.99. The van der Waals surface area contributed by atoms with Crippen molar-refractivity contribution >= 4 is 5.69 Å². The van der Waals surface area contributed by atoms with Crippen molar-refractivity contribution in [3.8, 4) is 11.1 Å². The van der Waals surface area contributed by atoms with Gasteiger partial charge in [0.1, 0.15) is 0 Å². The smallest absolute Gasteiger partial charge is 0.0393 e. The van der Waals surface area contributed by atoms with E-state index in [9.17, 15) is 0 Å². The zero-order valence-electron chi connectivity index (χ0n) is 13.5. The molecule has 0 bridgehead atoms. The lowest BCUT2D eigenvalue weighted by atomic mass is 9.90. The van der Waals surface area contributed by atoms with E-state index in [0.717, 1.165) is 35.2 Å². The van der Waals surface area contributed by atoms with Gasteiger partial charge in [-0.25, -0.2) is 0 Å². The van der Waals surface area contributed by atoms with Crippen molar-refractivity contribution < 1.29 is 0 Å². The van der Waals surface area contributed by atoms with Crippen molar-refractivity contribution in [3.05, 3.63) is 53.6 Å². The van der Waals surface area contributed by atoms with Gasteiger partial charge in [-0.15, -0.1) is 0 Å². The minimum atomic E-state index is 0.241. The molecule has 3 nitrogen and oxygen atoms in total. The van der Waals surface area contributed by atoms with E-state index in [-0.39, 0.29) is 6.04 Å². The fourth-order valence-electron chi connectivity index (χ4n) is 2.87. The number of benzene rings is 2. The van der Waals surface area contributed by atoms with Gasteiger partial charge in [0.15, 0.2) is 0 Å². The molecule has 0 aliphatic carbocycles. The Bertz CT molecular complexity index is 622. The lowest BCUT2D eigenvalue weighted by molar-refractivity contribution is 0.442. The third kappa shape index (κ3) is 3.67. The summed E-state index contributed by atoms with van der Waals surface area (Å²) in [5.41, 5.74) is 23.6. The fourth-order valence-corrected chi connectivity index (χ4v) is 2.87. The van der Waals surface area contributed by atoms with Crippen LogP contribution in [-0.2, 0) is 13.0 Å². The van der Waals surface area contributed by atoms with Crippen molar-refractivity contribution in [1.82, 2.24) is 0 Å². The number of nitrogens with two attached hydrogens (primary N) is 3. The van der Waals surface area contributed by atoms with Gasteiger partial charge in [0.2, 0.25) is 0 Å². The molecule has 118 valence electrons. The topological polar surface area (TPSA) is 78.1 Å². The molecule has 0 spiro atoms. The Morgan fingerprint density at radius 1 is 1.05 bits per heavy atom. The maximum Gasteiger partial charge on any atom is 0.0393 e. The monoisotopic (exact) mass is 297 g/mol. The lowest BCUT2D eigenvalue weighted by Crippen LogP contribution is -2.28. The van der Waals surface area contributed by atoms with Crippen molar-refractivity contribution in [2.75, 3.05) is 5.73 Å². The molecule has 0 aromatic heterocycles. The zero-order valence-corrected chi connectivity index (χ0v) is 13.5. The highest BCUT2D eigenvalue weighted by atomic mass is 14.6. The predicted octanol–water partition coefficient (Wildman–Crippen LogP) is 3.31. The third-order valence-electron chi connectivity index (χ3n) is 4.40. The number of anilines is 1. The van der Waals surface area contributed by atoms with Gasteiger partial charge >= 0.3 is 0 Å². The first-order valence-electron chi connectivity index (χ1n) is 7.99. The van der Waals surface area contributed by atoms with Crippen molar-refractivity contribution in [1.29, 1.82) is 0 Å². The summed E-state index contributed by atoms with van der Waals surface area (Å²) in [6.07, 6.45) is 1.98. The normalized spacial score (nSPS) is 13.8. The van der Waals surface area contributed by atoms with Crippen LogP contribution in [0.5, 0.6) is 0 Å². The Labute approximate surface area is 133 Å². The maximum absolute atomic E-state index is 6.13. The Kier molecular flexibility index (Phi) is 5.58. The number of hydrogen-bond donors (Lipinski definition) is 3. The van der Waals surface area contributed by atoms with Gasteiger partial charge in [-0.3, -0.25) is 0 Å². The molecule has 0 amide bonds. The largest absolute Gasteiger partial charge is 0.398 e. The highest BCUT2D eigenvalue weighted by Crippen LogP contribution is 2.30. The van der Waals surface area contributed by atoms with Crippen LogP contribution >= 0.6 is 0 Å². The molecule has 2 aromatic carbocycles. The van der Waals surface area contributed by atoms with Crippen molar-refractivity contribution in [3.63, 3.8) is 0 Å². The SMILES string of the molecule is CC[C@H](N)C(C)Cc1ccc(-c2ccccc2N)c(CN)c1. The van der Waals surface area contributed by atoms with E-state index in [1.54, 1.807) is 0 Å². The van der Waals surface area contributed by atoms with E-state index in [1.165, 1.54) is 5.56 Å². The van der Waals surface area contributed by atoms with Crippen molar-refractivity contribution in [2.45, 2.75) is 39.3 Å². The predicted molar refractivity (Wildman–Crippen MR) is 95.3 cm³/mol. The van der Waals surface area contributed by atoms with Gasteiger partial charge in [0.25, 0.3) is 0 Å². The van der Waals surface area contributed by atoms with E-state index in [4.69, 9.17) is 17.2 Å². The third-order valence-corrected chi connectivity index (χ3v) is 4.40. The van der Waals surface area contributed by atoms with Gasteiger partial charge in [0, 0.05) is 23.8 Å². The van der Waals surface area contributed by atoms with Crippen LogP contribution in [0, 0.1) is 5.92 Å². The standard InChI is InChI=1S/C19H27N3/c1-3-18(21)13(2)10-14-8-9-16(15(11-14)12-20)17-6-4-5-7-19(17)22/h4-9,11,13,18H,3,10,12,20-22H2,1-2H3/t13?,18-/m0/s1. The van der Waals surface area contributed by atoms with Crippen LogP contribution in [0.15, 0.2) is 42.5 Å². The van der Waals surface area contributed by atoms with E-state index < -0.39 is 0 Å². The van der Waals surface area contributed by atoms with Gasteiger partial charge < -0.3 is 17.2 Å². The second-order valence-electron chi connectivity index (χ2n) is 6.04. The molecule has 0 aliphatic rings. The summed E-state index contributed by atoms with van der Waals surface area (Å²) < 4.78 is 0. The minimum absolute atomic E-state index is 0.241. The summed E-state index contributed by atoms with van der Waals surface area (Å²) >= 11 is 0. The number of hydrogen-bond acceptors (Lipinski definition) is 3. The van der Waals surface area contributed by atoms with Crippen LogP contribution in [0.1, 0.15) is 31.4 Å². The molecule has 0 aliphatic heterocycles. The summed E-state index contributed by atoms with van der Waals surface area (Å²) in [4.78, 5) is 0. The second-order valence-corrected chi connectivity index (χ2v) is 6.04. The summed E-state index contributed by atoms with van der Waals surface area (Å²) in [5, 5.41) is 0. The molecule has 2 atom stereocenters. The molecule has 0 heterocycles. The van der Waals surface area contributed by atoms with E-state index >= 15 is 0 Å². The molecule has 3 heteroatoms. The van der Waals surface area contributed by atoms with Gasteiger partial charge in [-0.05, 0) is 41.5 Å². The summed E-state index contributed by atoms with van der Waals surface area (Å²) in [6, 6.07) is 14.6. The van der Waals surface area contributed by atoms with Gasteiger partial charge in [-0.1, -0.05) is 50.2 Å². The molecule has 6 N–H and O–H groups in total. The molecule has 2 aromatic rings. The van der Waals surface area contributed by atoms with Gasteiger partial charge in [-0.2, -0.15) is 0 Å². The minimum Gasteiger partial charge on any atom is -0.398 e. The quantitative estimate of drug-likeness (QED) is 0.716. The highest BCUT2D eigenvalue weighted by Gasteiger charge is 2.13. The molecule has 22 heavy (non-hydrogen) atoms. The molecule has 0 fully saturated rings. The number of rotatable bonds is 6. The maximum atomic E-state index is 6.13. The molecule has 0 saturated heterocycles. The van der Waals surface area contributed by atoms with Crippen LogP contribution in [0.4, 0.5) is 5.69 Å². The Balaban J connectivity index is 2.31. The average Bonchev–Trinajstić information content (AvgIpc) is 2.54. The van der Waals surface area contributed by atoms with Crippen LogP contribution in [0.3, 0.4) is 0 Å². The number of para-hydroxylation sites is 1. The second kappa shape index (κ2) is 7.43. The first kappa shape index (κ1) is 16.5. The van der Waals surface area contributed by atoms with Crippen LogP contribution < -0.4 is 17.2 Å². The molecule has 1 unspecified atom stereocenters. The summed E-state index contributed by atoms with van der Waals surface area (Å²) in [7, 11) is 0. The highest BCUT2D eigenvalue weighted by molar-refractivity contribution is 5.78. The average molecular weight is 297 g/mol. The molecular weight excluding hydrogens is 270 g/mol. The Morgan fingerprint density at radius 3 is 2.41 bits per heavy atom. The fraction of sp³-hybridized carbons (Fsp3) is 0.368. The van der Waals surface area contributed by atoms with E-state index in [0.29, 0.717) is 12.5 Å². The summed E-state index contributed by atoms with van der Waals surface area (Å²) in [6.45, 7) is 4.85. The van der Waals surface area contributed by atoms with Crippen LogP contribution in [-0.4, -0.2) is 6.04 Å². The molecule has 0 saturated carbocycles. The van der Waals surface area contributed by atoms with Gasteiger partial charge in [0.05, 0.1) is 0 Å². The molecule has 2 rings (SSSR count). The number of nitrogen functional groups attached to an aromatic ring is 1. The molecule has 0 radical (unpaired) electrons. The van der Waals surface area contributed by atoms with E-state index in [1.807, 2.05) is 24.3 Å². The van der Waals surface area contributed by atoms with Crippen molar-refractivity contribution in [2.24, 2.45) is 17.4 Å².